The third kappa shape index (κ3) is 3.11. The Bertz CT molecular complexity index is 159. The minimum absolute atomic E-state index is 0.276. The van der Waals surface area contributed by atoms with Gasteiger partial charge < -0.3 is 4.74 Å². The average Bonchev–Trinajstić information content (AvgIpc) is 1.60. The first-order chi connectivity index (χ1) is 4.34. The van der Waals surface area contributed by atoms with E-state index in [0.29, 0.717) is 0 Å². The van der Waals surface area contributed by atoms with Gasteiger partial charge in [-0.3, -0.25) is 0 Å². The summed E-state index contributed by atoms with van der Waals surface area (Å²) < 4.78 is 37.5. The van der Waals surface area contributed by atoms with E-state index in [1.807, 2.05) is 0 Å². The van der Waals surface area contributed by atoms with Gasteiger partial charge in [-0.1, -0.05) is 6.58 Å². The number of alkyl halides is 3. The predicted molar refractivity (Wildman–Crippen MR) is 27.0 cm³/mol. The first-order valence-corrected chi connectivity index (χ1v) is 2.28. The Balaban J connectivity index is 3.99. The van der Waals surface area contributed by atoms with Gasteiger partial charge in [0.25, 0.3) is 0 Å². The molecular weight excluding hydrogens is 149 g/mol. The average molecular weight is 154 g/mol. The monoisotopic (exact) mass is 154 g/mol. The fraction of sp³-hybridized carbons (Fsp3) is 0.400. The molecule has 58 valence electrons. The topological polar surface area (TPSA) is 26.3 Å². The summed E-state index contributed by atoms with van der Waals surface area (Å²) in [5.41, 5.74) is 0. The fourth-order valence-electron chi connectivity index (χ4n) is 0.216. The fourth-order valence-corrected chi connectivity index (χ4v) is 0.216. The Morgan fingerprint density at radius 2 is 1.90 bits per heavy atom. The second-order valence-corrected chi connectivity index (χ2v) is 1.59. The molecule has 0 aliphatic carbocycles. The van der Waals surface area contributed by atoms with E-state index in [1.165, 1.54) is 0 Å². The lowest BCUT2D eigenvalue weighted by molar-refractivity contribution is -0.195. The molecule has 0 heterocycles. The van der Waals surface area contributed by atoms with Gasteiger partial charge in [-0.05, 0) is 6.92 Å². The highest BCUT2D eigenvalue weighted by atomic mass is 19.4. The minimum atomic E-state index is -4.93. The number of ether oxygens (including phenoxy) is 1. The van der Waals surface area contributed by atoms with Crippen LogP contribution in [0.3, 0.4) is 0 Å². The third-order valence-corrected chi connectivity index (χ3v) is 0.498. The maximum Gasteiger partial charge on any atom is 0.491 e. The molecule has 0 fully saturated rings. The van der Waals surface area contributed by atoms with Crippen LogP contribution >= 0.6 is 0 Å². The van der Waals surface area contributed by atoms with Crippen LogP contribution in [0.1, 0.15) is 6.92 Å². The summed E-state index contributed by atoms with van der Waals surface area (Å²) >= 11 is 0. The summed E-state index contributed by atoms with van der Waals surface area (Å²) in [6.45, 7) is 4.12. The van der Waals surface area contributed by atoms with E-state index in [9.17, 15) is 18.0 Å². The van der Waals surface area contributed by atoms with Crippen LogP contribution in [0.5, 0.6) is 0 Å². The van der Waals surface area contributed by atoms with Gasteiger partial charge in [-0.25, -0.2) is 4.79 Å². The molecular formula is C5H5F3O2. The van der Waals surface area contributed by atoms with E-state index in [2.05, 4.69) is 11.3 Å². The Morgan fingerprint density at radius 3 is 2.00 bits per heavy atom. The highest BCUT2D eigenvalue weighted by Crippen LogP contribution is 2.17. The number of carbonyl (C=O) groups is 1. The number of allylic oxidation sites excluding steroid dienone is 1. The molecule has 0 radical (unpaired) electrons. The van der Waals surface area contributed by atoms with Crippen molar-refractivity contribution in [2.75, 3.05) is 0 Å². The van der Waals surface area contributed by atoms with Gasteiger partial charge >= 0.3 is 12.1 Å². The lowest BCUT2D eigenvalue weighted by atomic mass is 10.6. The molecule has 2 nitrogen and oxygen atoms in total. The largest absolute Gasteiger partial charge is 0.491 e. The highest BCUT2D eigenvalue weighted by Gasteiger charge is 2.41. The Hall–Kier alpha value is -1.00. The zero-order valence-corrected chi connectivity index (χ0v) is 5.16. The molecule has 0 saturated heterocycles. The molecule has 0 bridgehead atoms. The number of rotatable bonds is 1. The van der Waals surface area contributed by atoms with Crippen LogP contribution in [0.15, 0.2) is 12.3 Å². The van der Waals surface area contributed by atoms with Crippen LogP contribution < -0.4 is 0 Å². The van der Waals surface area contributed by atoms with Crippen molar-refractivity contribution in [1.82, 2.24) is 0 Å². The van der Waals surface area contributed by atoms with E-state index in [-0.39, 0.29) is 5.76 Å². The van der Waals surface area contributed by atoms with Crippen molar-refractivity contribution in [3.05, 3.63) is 12.3 Å². The van der Waals surface area contributed by atoms with Crippen LogP contribution in [-0.4, -0.2) is 12.1 Å². The summed E-state index contributed by atoms with van der Waals surface area (Å²) in [6, 6.07) is 0. The third-order valence-electron chi connectivity index (χ3n) is 0.498. The van der Waals surface area contributed by atoms with Gasteiger partial charge in [0.15, 0.2) is 0 Å². The molecule has 0 aliphatic heterocycles. The first kappa shape index (κ1) is 9.00. The van der Waals surface area contributed by atoms with Crippen LogP contribution in [0.25, 0.3) is 0 Å². The van der Waals surface area contributed by atoms with Crippen molar-refractivity contribution in [3.63, 3.8) is 0 Å². The number of hydrogen-bond acceptors (Lipinski definition) is 2. The van der Waals surface area contributed by atoms with Crippen molar-refractivity contribution in [2.45, 2.75) is 13.1 Å². The Kier molecular flexibility index (Phi) is 2.45. The van der Waals surface area contributed by atoms with Crippen molar-refractivity contribution >= 4 is 5.97 Å². The molecule has 0 aromatic heterocycles. The lowest BCUT2D eigenvalue weighted by Crippen LogP contribution is -2.24. The van der Waals surface area contributed by atoms with Crippen molar-refractivity contribution < 1.29 is 22.7 Å². The molecule has 0 unspecified atom stereocenters. The van der Waals surface area contributed by atoms with E-state index in [0.717, 1.165) is 6.92 Å². The number of hydrogen-bond donors (Lipinski definition) is 0. The van der Waals surface area contributed by atoms with Crippen molar-refractivity contribution in [1.29, 1.82) is 0 Å². The molecule has 0 atom stereocenters. The molecule has 0 aromatic rings. The van der Waals surface area contributed by atoms with Gasteiger partial charge in [0.1, 0.15) is 0 Å². The van der Waals surface area contributed by atoms with Crippen LogP contribution in [0, 0.1) is 0 Å². The SMILES string of the molecule is C=C(C)OC(=O)C(F)(F)F. The molecule has 0 N–H and O–H groups in total. The van der Waals surface area contributed by atoms with Crippen molar-refractivity contribution in [2.24, 2.45) is 0 Å². The minimum Gasteiger partial charge on any atom is -0.425 e. The molecule has 0 saturated carbocycles. The van der Waals surface area contributed by atoms with Gasteiger partial charge in [-0.2, -0.15) is 13.2 Å². The summed E-state index contributed by atoms with van der Waals surface area (Å²) in [4.78, 5) is 9.87. The van der Waals surface area contributed by atoms with Gasteiger partial charge in [0, 0.05) is 0 Å². The molecule has 0 rings (SSSR count). The summed E-state index contributed by atoms with van der Waals surface area (Å²) in [6.07, 6.45) is -4.93. The maximum absolute atomic E-state index is 11.3. The predicted octanol–water partition coefficient (Wildman–Crippen LogP) is 1.63. The van der Waals surface area contributed by atoms with E-state index in [4.69, 9.17) is 0 Å². The van der Waals surface area contributed by atoms with Crippen LogP contribution in [0.4, 0.5) is 13.2 Å². The summed E-state index contributed by atoms with van der Waals surface area (Å²) in [7, 11) is 0. The Labute approximate surface area is 55.3 Å². The van der Waals surface area contributed by atoms with Crippen LogP contribution in [0.2, 0.25) is 0 Å². The molecule has 0 spiro atoms. The molecule has 0 aliphatic rings. The standard InChI is InChI=1S/C5H5F3O2/c1-3(2)10-4(9)5(6,7)8/h1H2,2H3. The smallest absolute Gasteiger partial charge is 0.425 e. The molecule has 0 amide bonds. The second kappa shape index (κ2) is 2.72. The van der Waals surface area contributed by atoms with Crippen LogP contribution in [-0.2, 0) is 9.53 Å². The van der Waals surface area contributed by atoms with Gasteiger partial charge in [-0.15, -0.1) is 0 Å². The first-order valence-electron chi connectivity index (χ1n) is 2.28. The number of halogens is 3. The van der Waals surface area contributed by atoms with Crippen molar-refractivity contribution in [3.8, 4) is 0 Å². The van der Waals surface area contributed by atoms with E-state index >= 15 is 0 Å². The van der Waals surface area contributed by atoms with E-state index in [1.54, 1.807) is 0 Å². The van der Waals surface area contributed by atoms with Gasteiger partial charge in [0.2, 0.25) is 0 Å². The summed E-state index contributed by atoms with van der Waals surface area (Å²) in [5, 5.41) is 0. The second-order valence-electron chi connectivity index (χ2n) is 1.59. The Morgan fingerprint density at radius 1 is 1.50 bits per heavy atom. The normalized spacial score (nSPS) is 10.8. The lowest BCUT2D eigenvalue weighted by Gasteiger charge is -2.04. The quantitative estimate of drug-likeness (QED) is 0.423. The van der Waals surface area contributed by atoms with E-state index < -0.39 is 12.1 Å². The highest BCUT2D eigenvalue weighted by molar-refractivity contribution is 5.76. The molecule has 5 heteroatoms. The molecule has 10 heavy (non-hydrogen) atoms. The molecule has 0 aromatic carbocycles. The number of carbonyl (C=O) groups excluding carboxylic acids is 1. The maximum atomic E-state index is 11.3. The zero-order chi connectivity index (χ0) is 8.36. The zero-order valence-electron chi connectivity index (χ0n) is 5.16. The summed E-state index contributed by atoms with van der Waals surface area (Å²) in [5.74, 6) is -2.51. The number of esters is 1. The van der Waals surface area contributed by atoms with Gasteiger partial charge in [0.05, 0.1) is 5.76 Å².